The second kappa shape index (κ2) is 9.90. The van der Waals surface area contributed by atoms with Gasteiger partial charge in [0.1, 0.15) is 6.61 Å². The minimum atomic E-state index is -0.947. The maximum absolute atomic E-state index is 12.5. The molecule has 2 atom stereocenters. The molecule has 0 aromatic heterocycles. The minimum Gasteiger partial charge on any atom is -0.481 e. The van der Waals surface area contributed by atoms with Crippen molar-refractivity contribution in [1.29, 1.82) is 0 Å². The van der Waals surface area contributed by atoms with Gasteiger partial charge in [-0.3, -0.25) is 9.59 Å². The molecule has 172 valence electrons. The topological polar surface area (TPSA) is 105 Å². The van der Waals surface area contributed by atoms with E-state index in [2.05, 4.69) is 34.9 Å². The third kappa shape index (κ3) is 5.08. The summed E-state index contributed by atoms with van der Waals surface area (Å²) in [6.45, 7) is 2.07. The molecule has 2 aromatic rings. The van der Waals surface area contributed by atoms with Gasteiger partial charge in [0, 0.05) is 23.6 Å². The highest BCUT2D eigenvalue weighted by molar-refractivity contribution is 5.94. The normalized spacial score (nSPS) is 17.5. The van der Waals surface area contributed by atoms with Crippen LogP contribution in [0.25, 0.3) is 11.1 Å². The van der Waals surface area contributed by atoms with Crippen LogP contribution in [0.15, 0.2) is 60.2 Å². The second-order valence-corrected chi connectivity index (χ2v) is 8.51. The maximum Gasteiger partial charge on any atom is 0.407 e. The summed E-state index contributed by atoms with van der Waals surface area (Å²) < 4.78 is 5.58. The Hall–Kier alpha value is -3.61. The van der Waals surface area contributed by atoms with Crippen molar-refractivity contribution in [3.8, 4) is 11.1 Å². The molecule has 4 rings (SSSR count). The predicted molar refractivity (Wildman–Crippen MR) is 124 cm³/mol. The summed E-state index contributed by atoms with van der Waals surface area (Å²) in [6, 6.07) is 15.7. The van der Waals surface area contributed by atoms with Crippen LogP contribution in [0.2, 0.25) is 0 Å². The Bertz CT molecular complexity index is 1050. The van der Waals surface area contributed by atoms with Crippen LogP contribution in [0.1, 0.15) is 49.7 Å². The van der Waals surface area contributed by atoms with E-state index in [1.54, 1.807) is 6.08 Å². The van der Waals surface area contributed by atoms with Crippen LogP contribution in [0.4, 0.5) is 4.79 Å². The number of aliphatic carboxylic acids is 1. The Labute approximate surface area is 192 Å². The lowest BCUT2D eigenvalue weighted by atomic mass is 9.98. The summed E-state index contributed by atoms with van der Waals surface area (Å²) in [5.41, 5.74) is 5.21. The maximum atomic E-state index is 12.5. The fraction of sp³-hybridized carbons (Fsp3) is 0.346. The van der Waals surface area contributed by atoms with Crippen LogP contribution in [0.5, 0.6) is 0 Å². The van der Waals surface area contributed by atoms with Crippen LogP contribution in [-0.2, 0) is 14.3 Å². The molecule has 2 amide bonds. The van der Waals surface area contributed by atoms with Gasteiger partial charge in [-0.25, -0.2) is 4.79 Å². The molecule has 2 aliphatic rings. The van der Waals surface area contributed by atoms with Gasteiger partial charge in [0.15, 0.2) is 0 Å². The first-order valence-electron chi connectivity index (χ1n) is 11.3. The van der Waals surface area contributed by atoms with Crippen molar-refractivity contribution in [2.24, 2.45) is 0 Å². The van der Waals surface area contributed by atoms with Crippen LogP contribution in [-0.4, -0.2) is 41.8 Å². The van der Waals surface area contributed by atoms with Gasteiger partial charge >= 0.3 is 12.1 Å². The highest BCUT2D eigenvalue weighted by Crippen LogP contribution is 2.44. The van der Waals surface area contributed by atoms with E-state index in [1.165, 1.54) is 11.1 Å². The molecular weight excluding hydrogens is 420 g/mol. The number of carboxylic acids is 1. The van der Waals surface area contributed by atoms with Crippen molar-refractivity contribution in [2.75, 3.05) is 6.61 Å². The predicted octanol–water partition coefficient (Wildman–Crippen LogP) is 3.98. The van der Waals surface area contributed by atoms with E-state index < -0.39 is 18.1 Å². The number of carbonyl (C=O) groups excluding carboxylic acids is 2. The van der Waals surface area contributed by atoms with E-state index in [9.17, 15) is 14.4 Å². The lowest BCUT2D eigenvalue weighted by Crippen LogP contribution is -2.38. The Morgan fingerprint density at radius 2 is 1.70 bits per heavy atom. The largest absolute Gasteiger partial charge is 0.481 e. The molecule has 0 fully saturated rings. The van der Waals surface area contributed by atoms with E-state index in [-0.39, 0.29) is 30.9 Å². The average molecular weight is 449 g/mol. The summed E-state index contributed by atoms with van der Waals surface area (Å²) >= 11 is 0. The average Bonchev–Trinajstić information content (AvgIpc) is 3.39. The number of carbonyl (C=O) groups is 3. The van der Waals surface area contributed by atoms with Crippen molar-refractivity contribution in [3.63, 3.8) is 0 Å². The quantitative estimate of drug-likeness (QED) is 0.567. The number of rotatable bonds is 8. The first-order valence-corrected chi connectivity index (χ1v) is 11.3. The molecule has 0 aliphatic heterocycles. The van der Waals surface area contributed by atoms with Gasteiger partial charge in [-0.05, 0) is 41.5 Å². The molecular formula is C26H28N2O5. The highest BCUT2D eigenvalue weighted by atomic mass is 16.5. The first kappa shape index (κ1) is 22.6. The summed E-state index contributed by atoms with van der Waals surface area (Å²) in [5, 5.41) is 14.6. The van der Waals surface area contributed by atoms with Gasteiger partial charge in [-0.1, -0.05) is 61.5 Å². The van der Waals surface area contributed by atoms with Gasteiger partial charge in [0.25, 0.3) is 0 Å². The molecule has 3 N–H and O–H groups in total. The number of carboxylic acid groups (broad SMARTS) is 1. The monoisotopic (exact) mass is 448 g/mol. The molecule has 7 heteroatoms. The highest BCUT2D eigenvalue weighted by Gasteiger charge is 2.30. The zero-order chi connectivity index (χ0) is 23.4. The molecule has 0 bridgehead atoms. The minimum absolute atomic E-state index is 0.00796. The van der Waals surface area contributed by atoms with Crippen LogP contribution in [0.3, 0.4) is 0 Å². The SMILES string of the molecule is CC[C@H](CC(=O)O)NC(=O)C1=CCC(NC(=O)OCC2c3ccccc3-c3ccccc32)C1. The summed E-state index contributed by atoms with van der Waals surface area (Å²) in [6.07, 6.45) is 2.62. The number of hydrogen-bond acceptors (Lipinski definition) is 4. The molecule has 2 aliphatic carbocycles. The van der Waals surface area contributed by atoms with E-state index in [1.807, 2.05) is 31.2 Å². The summed E-state index contributed by atoms with van der Waals surface area (Å²) in [7, 11) is 0. The fourth-order valence-corrected chi connectivity index (χ4v) is 4.61. The molecule has 0 saturated carbocycles. The van der Waals surface area contributed by atoms with E-state index >= 15 is 0 Å². The number of benzene rings is 2. The van der Waals surface area contributed by atoms with Crippen molar-refractivity contribution in [1.82, 2.24) is 10.6 Å². The third-order valence-corrected chi connectivity index (χ3v) is 6.32. The van der Waals surface area contributed by atoms with Crippen LogP contribution in [0, 0.1) is 0 Å². The molecule has 0 radical (unpaired) electrons. The van der Waals surface area contributed by atoms with Gasteiger partial charge in [-0.2, -0.15) is 0 Å². The standard InChI is InChI=1S/C26H28N2O5/c1-2-17(14-24(29)30)27-25(31)16-11-12-18(13-16)28-26(32)33-15-23-21-9-5-3-7-19(21)20-8-4-6-10-22(20)23/h3-11,17-18,23H,2,12-15H2,1H3,(H,27,31)(H,28,32)(H,29,30)/t17-,18?/m1/s1. The number of nitrogens with one attached hydrogen (secondary N) is 2. The Morgan fingerprint density at radius 1 is 1.06 bits per heavy atom. The molecule has 33 heavy (non-hydrogen) atoms. The smallest absolute Gasteiger partial charge is 0.407 e. The first-order chi connectivity index (χ1) is 16.0. The van der Waals surface area contributed by atoms with E-state index in [4.69, 9.17) is 9.84 Å². The van der Waals surface area contributed by atoms with Crippen molar-refractivity contribution in [3.05, 3.63) is 71.3 Å². The Kier molecular flexibility index (Phi) is 6.77. The number of alkyl carbamates (subject to hydrolysis) is 1. The second-order valence-electron chi connectivity index (χ2n) is 8.51. The number of ether oxygens (including phenoxy) is 1. The molecule has 7 nitrogen and oxygen atoms in total. The third-order valence-electron chi connectivity index (χ3n) is 6.32. The number of hydrogen-bond donors (Lipinski definition) is 3. The van der Waals surface area contributed by atoms with Crippen molar-refractivity contribution < 1.29 is 24.2 Å². The van der Waals surface area contributed by atoms with Gasteiger partial charge < -0.3 is 20.5 Å². The van der Waals surface area contributed by atoms with Gasteiger partial charge in [0.05, 0.1) is 6.42 Å². The molecule has 2 aromatic carbocycles. The Balaban J connectivity index is 1.29. The van der Waals surface area contributed by atoms with Crippen molar-refractivity contribution >= 4 is 18.0 Å². The molecule has 0 spiro atoms. The van der Waals surface area contributed by atoms with E-state index in [0.717, 1.165) is 11.1 Å². The van der Waals surface area contributed by atoms with Gasteiger partial charge in [0.2, 0.25) is 5.91 Å². The fourth-order valence-electron chi connectivity index (χ4n) is 4.61. The zero-order valence-electron chi connectivity index (χ0n) is 18.5. The van der Waals surface area contributed by atoms with Crippen LogP contribution >= 0.6 is 0 Å². The summed E-state index contributed by atoms with van der Waals surface area (Å²) in [5.74, 6) is -1.23. The number of amides is 2. The van der Waals surface area contributed by atoms with Crippen LogP contribution < -0.4 is 10.6 Å². The molecule has 0 saturated heterocycles. The lowest BCUT2D eigenvalue weighted by Gasteiger charge is -2.18. The van der Waals surface area contributed by atoms with Gasteiger partial charge in [-0.15, -0.1) is 0 Å². The lowest BCUT2D eigenvalue weighted by molar-refractivity contribution is -0.137. The van der Waals surface area contributed by atoms with Crippen molar-refractivity contribution in [2.45, 2.75) is 50.6 Å². The Morgan fingerprint density at radius 3 is 2.30 bits per heavy atom. The molecule has 1 unspecified atom stereocenters. The molecule has 0 heterocycles. The summed E-state index contributed by atoms with van der Waals surface area (Å²) in [4.78, 5) is 35.8. The zero-order valence-corrected chi connectivity index (χ0v) is 18.5. The number of fused-ring (bicyclic) bond motifs is 3. The van der Waals surface area contributed by atoms with E-state index in [0.29, 0.717) is 24.8 Å².